The molecular weight excluding hydrogens is 492 g/mol. The molecule has 0 aliphatic carbocycles. The van der Waals surface area contributed by atoms with E-state index in [1.54, 1.807) is 6.07 Å². The van der Waals surface area contributed by atoms with Crippen molar-refractivity contribution in [2.45, 2.75) is 31.6 Å². The normalized spacial score (nSPS) is 17.6. The largest absolute Gasteiger partial charge is 0.495 e. The molecule has 1 heterocycles. The molecule has 2 aromatic rings. The lowest BCUT2D eigenvalue weighted by Gasteiger charge is -2.31. The first-order valence-electron chi connectivity index (χ1n) is 9.54. The van der Waals surface area contributed by atoms with Crippen molar-refractivity contribution in [1.29, 1.82) is 0 Å². The van der Waals surface area contributed by atoms with Gasteiger partial charge in [0.1, 0.15) is 10.6 Å². The van der Waals surface area contributed by atoms with Gasteiger partial charge in [-0.05, 0) is 68.1 Å². The number of carbonyl (C=O) groups excluding carboxylic acids is 1. The third kappa shape index (κ3) is 4.82. The van der Waals surface area contributed by atoms with Crippen LogP contribution in [-0.2, 0) is 14.8 Å². The minimum absolute atomic E-state index is 0.0122. The molecule has 3 rings (SSSR count). The van der Waals surface area contributed by atoms with E-state index in [2.05, 4.69) is 21.2 Å². The van der Waals surface area contributed by atoms with Crippen molar-refractivity contribution in [3.05, 3.63) is 51.0 Å². The van der Waals surface area contributed by atoms with Crippen LogP contribution in [0.3, 0.4) is 0 Å². The molecule has 30 heavy (non-hydrogen) atoms. The number of benzene rings is 2. The van der Waals surface area contributed by atoms with Gasteiger partial charge in [-0.1, -0.05) is 27.5 Å². The summed E-state index contributed by atoms with van der Waals surface area (Å²) < 4.78 is 34.0. The van der Waals surface area contributed by atoms with Crippen molar-refractivity contribution in [1.82, 2.24) is 4.31 Å². The van der Waals surface area contributed by atoms with E-state index >= 15 is 0 Å². The highest BCUT2D eigenvalue weighted by atomic mass is 79.9. The molecule has 1 aliphatic rings. The van der Waals surface area contributed by atoms with Gasteiger partial charge >= 0.3 is 0 Å². The summed E-state index contributed by atoms with van der Waals surface area (Å²) in [6, 6.07) is 8.36. The number of anilines is 1. The molecule has 2 aromatic carbocycles. The number of sulfonamides is 1. The Hall–Kier alpha value is -1.61. The molecule has 6 nitrogen and oxygen atoms in total. The number of methoxy groups -OCH3 is 1. The van der Waals surface area contributed by atoms with E-state index in [-0.39, 0.29) is 23.1 Å². The van der Waals surface area contributed by atoms with Gasteiger partial charge in [-0.2, -0.15) is 4.31 Å². The Balaban J connectivity index is 1.82. The Morgan fingerprint density at radius 3 is 2.53 bits per heavy atom. The zero-order valence-corrected chi connectivity index (χ0v) is 20.2. The lowest BCUT2D eigenvalue weighted by atomic mass is 9.98. The van der Waals surface area contributed by atoms with Crippen molar-refractivity contribution in [2.24, 2.45) is 5.92 Å². The van der Waals surface area contributed by atoms with Crippen LogP contribution in [-0.4, -0.2) is 38.8 Å². The van der Waals surface area contributed by atoms with Crippen molar-refractivity contribution >= 4 is 49.1 Å². The molecule has 1 unspecified atom stereocenters. The predicted octanol–water partition coefficient (Wildman–Crippen LogP) is 4.77. The quantitative estimate of drug-likeness (QED) is 0.622. The molecule has 1 aliphatic heterocycles. The van der Waals surface area contributed by atoms with Gasteiger partial charge in [-0.3, -0.25) is 4.79 Å². The Labute approximate surface area is 190 Å². The summed E-state index contributed by atoms with van der Waals surface area (Å²) in [6.45, 7) is 4.31. The van der Waals surface area contributed by atoms with Crippen LogP contribution in [0.5, 0.6) is 5.75 Å². The zero-order valence-electron chi connectivity index (χ0n) is 17.0. The highest BCUT2D eigenvalue weighted by Crippen LogP contribution is 2.32. The molecule has 1 fully saturated rings. The number of nitrogens with one attached hydrogen (secondary N) is 1. The predicted molar refractivity (Wildman–Crippen MR) is 122 cm³/mol. The average molecular weight is 516 g/mol. The number of rotatable bonds is 5. The van der Waals surface area contributed by atoms with E-state index in [0.29, 0.717) is 24.4 Å². The number of amides is 1. The topological polar surface area (TPSA) is 75.7 Å². The molecule has 1 N–H and O–H groups in total. The second-order valence-corrected chi connectivity index (χ2v) is 10.7. The van der Waals surface area contributed by atoms with Crippen LogP contribution in [0.4, 0.5) is 5.69 Å². The fraction of sp³-hybridized carbons (Fsp3) is 0.381. The average Bonchev–Trinajstić information content (AvgIpc) is 2.70. The van der Waals surface area contributed by atoms with Crippen LogP contribution in [0, 0.1) is 19.8 Å². The van der Waals surface area contributed by atoms with Crippen LogP contribution in [0.2, 0.25) is 5.02 Å². The van der Waals surface area contributed by atoms with Gasteiger partial charge in [-0.25, -0.2) is 8.42 Å². The van der Waals surface area contributed by atoms with Crippen LogP contribution in [0.15, 0.2) is 39.7 Å². The van der Waals surface area contributed by atoms with Crippen molar-refractivity contribution in [3.63, 3.8) is 0 Å². The number of aryl methyl sites for hydroxylation is 2. The smallest absolute Gasteiger partial charge is 0.246 e. The summed E-state index contributed by atoms with van der Waals surface area (Å²) in [5.41, 5.74) is 2.65. The summed E-state index contributed by atoms with van der Waals surface area (Å²) in [6.07, 6.45) is 1.22. The Bertz CT molecular complexity index is 1050. The van der Waals surface area contributed by atoms with Gasteiger partial charge in [0.15, 0.2) is 0 Å². The van der Waals surface area contributed by atoms with Crippen LogP contribution in [0.25, 0.3) is 0 Å². The number of carbonyl (C=O) groups is 1. The maximum absolute atomic E-state index is 13.2. The standard InChI is InChI=1S/C21H24BrClN2O4S/c1-13-9-16(22)10-14(2)20(13)24-21(26)15-5-4-8-25(12-15)30(27,28)19-11-17(23)6-7-18(19)29-3/h6-7,9-11,15H,4-5,8,12H2,1-3H3,(H,24,26). The van der Waals surface area contributed by atoms with Crippen molar-refractivity contribution in [2.75, 3.05) is 25.5 Å². The summed E-state index contributed by atoms with van der Waals surface area (Å²) in [4.78, 5) is 13.0. The van der Waals surface area contributed by atoms with Crippen LogP contribution in [0.1, 0.15) is 24.0 Å². The first kappa shape index (κ1) is 23.1. The van der Waals surface area contributed by atoms with Crippen molar-refractivity contribution < 1.29 is 17.9 Å². The third-order valence-corrected chi connectivity index (χ3v) is 7.82. The first-order valence-corrected chi connectivity index (χ1v) is 12.2. The second kappa shape index (κ2) is 9.26. The monoisotopic (exact) mass is 514 g/mol. The summed E-state index contributed by atoms with van der Waals surface area (Å²) in [7, 11) is -2.44. The molecule has 0 radical (unpaired) electrons. The lowest BCUT2D eigenvalue weighted by molar-refractivity contribution is -0.120. The Morgan fingerprint density at radius 2 is 1.90 bits per heavy atom. The Morgan fingerprint density at radius 1 is 1.23 bits per heavy atom. The van der Waals surface area contributed by atoms with Crippen LogP contribution < -0.4 is 10.1 Å². The molecule has 1 atom stereocenters. The maximum Gasteiger partial charge on any atom is 0.246 e. The molecule has 0 bridgehead atoms. The highest BCUT2D eigenvalue weighted by molar-refractivity contribution is 9.10. The Kier molecular flexibility index (Phi) is 7.12. The summed E-state index contributed by atoms with van der Waals surface area (Å²) in [5.74, 6) is -0.394. The van der Waals surface area contributed by atoms with Gasteiger partial charge < -0.3 is 10.1 Å². The molecule has 162 valence electrons. The number of hydrogen-bond acceptors (Lipinski definition) is 4. The summed E-state index contributed by atoms with van der Waals surface area (Å²) in [5, 5.41) is 3.30. The van der Waals surface area contributed by atoms with Gasteiger partial charge in [0.25, 0.3) is 0 Å². The van der Waals surface area contributed by atoms with Gasteiger partial charge in [0.05, 0.1) is 13.0 Å². The molecular formula is C21H24BrClN2O4S. The molecule has 0 saturated carbocycles. The fourth-order valence-electron chi connectivity index (χ4n) is 3.70. The van der Waals surface area contributed by atoms with E-state index in [9.17, 15) is 13.2 Å². The van der Waals surface area contributed by atoms with Gasteiger partial charge in [0.2, 0.25) is 15.9 Å². The van der Waals surface area contributed by atoms with Crippen LogP contribution >= 0.6 is 27.5 Å². The van der Waals surface area contributed by atoms with E-state index in [4.69, 9.17) is 16.3 Å². The third-order valence-electron chi connectivity index (χ3n) is 5.24. The number of nitrogens with zero attached hydrogens (tertiary/aromatic N) is 1. The lowest BCUT2D eigenvalue weighted by Crippen LogP contribution is -2.43. The zero-order chi connectivity index (χ0) is 22.1. The molecule has 0 spiro atoms. The van der Waals surface area contributed by atoms with Crippen molar-refractivity contribution in [3.8, 4) is 5.75 Å². The van der Waals surface area contributed by atoms with Gasteiger partial charge in [0, 0.05) is 28.3 Å². The molecule has 9 heteroatoms. The molecule has 1 saturated heterocycles. The molecule has 1 amide bonds. The first-order chi connectivity index (χ1) is 14.1. The minimum atomic E-state index is -3.85. The summed E-state index contributed by atoms with van der Waals surface area (Å²) >= 11 is 9.48. The van der Waals surface area contributed by atoms with E-state index < -0.39 is 15.9 Å². The number of ether oxygens (including phenoxy) is 1. The highest BCUT2D eigenvalue weighted by Gasteiger charge is 2.35. The minimum Gasteiger partial charge on any atom is -0.495 e. The fourth-order valence-corrected chi connectivity index (χ4v) is 6.33. The van der Waals surface area contributed by atoms with E-state index in [1.165, 1.54) is 23.5 Å². The second-order valence-electron chi connectivity index (χ2n) is 7.40. The number of piperidine rings is 1. The van der Waals surface area contributed by atoms with E-state index in [1.807, 2.05) is 26.0 Å². The van der Waals surface area contributed by atoms with E-state index in [0.717, 1.165) is 21.3 Å². The number of halogens is 2. The molecule has 0 aromatic heterocycles. The maximum atomic E-state index is 13.2. The SMILES string of the molecule is COc1ccc(Cl)cc1S(=O)(=O)N1CCCC(C(=O)Nc2c(C)cc(Br)cc2C)C1. The van der Waals surface area contributed by atoms with Gasteiger partial charge in [-0.15, -0.1) is 0 Å². The number of hydrogen-bond donors (Lipinski definition) is 1.